The lowest BCUT2D eigenvalue weighted by atomic mass is 9.89. The van der Waals surface area contributed by atoms with Crippen molar-refractivity contribution < 1.29 is 0 Å². The Hall–Kier alpha value is -2.27. The zero-order valence-corrected chi connectivity index (χ0v) is 14.1. The van der Waals surface area contributed by atoms with E-state index in [1.165, 1.54) is 0 Å². The van der Waals surface area contributed by atoms with Gasteiger partial charge in [0.05, 0.1) is 28.6 Å². The fourth-order valence-electron chi connectivity index (χ4n) is 2.56. The number of nitrogens with one attached hydrogen (secondary N) is 1. The van der Waals surface area contributed by atoms with Gasteiger partial charge in [-0.15, -0.1) is 0 Å². The number of aromatic nitrogens is 4. The van der Waals surface area contributed by atoms with Gasteiger partial charge in [-0.2, -0.15) is 5.10 Å². The van der Waals surface area contributed by atoms with Crippen LogP contribution < -0.4 is 5.32 Å². The van der Waals surface area contributed by atoms with Crippen LogP contribution in [-0.4, -0.2) is 26.3 Å². The van der Waals surface area contributed by atoms with Crippen LogP contribution in [0.2, 0.25) is 0 Å². The Morgan fingerprint density at radius 3 is 2.61 bits per heavy atom. The van der Waals surface area contributed by atoms with E-state index in [-0.39, 0.29) is 11.5 Å². The summed E-state index contributed by atoms with van der Waals surface area (Å²) in [5.74, 6) is 0. The highest BCUT2D eigenvalue weighted by Crippen LogP contribution is 2.22. The highest BCUT2D eigenvalue weighted by Gasteiger charge is 2.24. The molecule has 2 heterocycles. The van der Waals surface area contributed by atoms with Crippen molar-refractivity contribution in [1.82, 2.24) is 25.1 Å². The largest absolute Gasteiger partial charge is 0.308 e. The summed E-state index contributed by atoms with van der Waals surface area (Å²) in [6, 6.07) is 10.2. The number of hydrogen-bond donors (Lipinski definition) is 1. The molecule has 0 radical (unpaired) electrons. The molecule has 1 atom stereocenters. The van der Waals surface area contributed by atoms with Crippen LogP contribution in [0.15, 0.2) is 42.7 Å². The summed E-state index contributed by atoms with van der Waals surface area (Å²) in [6.45, 7) is 7.33. The van der Waals surface area contributed by atoms with E-state index in [1.54, 1.807) is 0 Å². The van der Waals surface area contributed by atoms with Gasteiger partial charge in [0.15, 0.2) is 0 Å². The van der Waals surface area contributed by atoms with Crippen molar-refractivity contribution in [1.29, 1.82) is 0 Å². The summed E-state index contributed by atoms with van der Waals surface area (Å²) < 4.78 is 1.84. The minimum atomic E-state index is -0.0419. The molecule has 0 saturated carbocycles. The Labute approximate surface area is 136 Å². The molecule has 0 aliphatic heterocycles. The van der Waals surface area contributed by atoms with E-state index >= 15 is 0 Å². The van der Waals surface area contributed by atoms with E-state index in [0.717, 1.165) is 29.0 Å². The number of rotatable bonds is 5. The molecular weight excluding hydrogens is 286 g/mol. The summed E-state index contributed by atoms with van der Waals surface area (Å²) in [7, 11) is 1.94. The highest BCUT2D eigenvalue weighted by atomic mass is 15.3. The second-order valence-electron chi connectivity index (χ2n) is 6.64. The van der Waals surface area contributed by atoms with Crippen LogP contribution in [0.4, 0.5) is 0 Å². The van der Waals surface area contributed by atoms with Gasteiger partial charge in [0.1, 0.15) is 0 Å². The van der Waals surface area contributed by atoms with Crippen molar-refractivity contribution in [3.05, 3.63) is 54.1 Å². The monoisotopic (exact) mass is 309 g/mol. The molecule has 120 valence electrons. The molecule has 0 fully saturated rings. The maximum atomic E-state index is 4.71. The molecule has 0 aliphatic rings. The molecule has 0 saturated heterocycles. The standard InChI is InChI=1S/C18H23N5/c1-13(16-11-19-14-7-5-6-8-15(14)21-16)20-12-18(2,3)17-9-10-23(4)22-17/h5-11,13,20H,12H2,1-4H3. The number of nitrogens with zero attached hydrogens (tertiary/aromatic N) is 4. The third kappa shape index (κ3) is 3.40. The SMILES string of the molecule is CC(NCC(C)(C)c1ccn(C)n1)c1cnc2ccccc2n1. The Balaban J connectivity index is 1.71. The summed E-state index contributed by atoms with van der Waals surface area (Å²) in [5, 5.41) is 8.08. The molecule has 3 rings (SSSR count). The number of para-hydroxylation sites is 2. The summed E-state index contributed by atoms with van der Waals surface area (Å²) in [4.78, 5) is 9.20. The predicted molar refractivity (Wildman–Crippen MR) is 92.2 cm³/mol. The van der Waals surface area contributed by atoms with Gasteiger partial charge in [-0.05, 0) is 25.1 Å². The molecule has 0 amide bonds. The van der Waals surface area contributed by atoms with Crippen molar-refractivity contribution in [3.8, 4) is 0 Å². The predicted octanol–water partition coefficient (Wildman–Crippen LogP) is 2.99. The second-order valence-corrected chi connectivity index (χ2v) is 6.64. The smallest absolute Gasteiger partial charge is 0.0890 e. The van der Waals surface area contributed by atoms with E-state index in [4.69, 9.17) is 4.98 Å². The third-order valence-electron chi connectivity index (χ3n) is 4.17. The first kappa shape index (κ1) is 15.6. The van der Waals surface area contributed by atoms with Crippen LogP contribution >= 0.6 is 0 Å². The van der Waals surface area contributed by atoms with Gasteiger partial charge in [-0.25, -0.2) is 4.98 Å². The van der Waals surface area contributed by atoms with E-state index in [0.29, 0.717) is 0 Å². The number of hydrogen-bond acceptors (Lipinski definition) is 4. The third-order valence-corrected chi connectivity index (χ3v) is 4.17. The molecule has 1 aromatic carbocycles. The first-order chi connectivity index (χ1) is 11.0. The van der Waals surface area contributed by atoms with Crippen LogP contribution in [0.1, 0.15) is 38.2 Å². The topological polar surface area (TPSA) is 55.6 Å². The lowest BCUT2D eigenvalue weighted by Gasteiger charge is -2.25. The molecular formula is C18H23N5. The van der Waals surface area contributed by atoms with Crippen LogP contribution in [-0.2, 0) is 12.5 Å². The first-order valence-electron chi connectivity index (χ1n) is 7.91. The molecule has 0 spiro atoms. The Morgan fingerprint density at radius 1 is 1.17 bits per heavy atom. The fraction of sp³-hybridized carbons (Fsp3) is 0.389. The molecule has 5 heteroatoms. The number of benzene rings is 1. The van der Waals surface area contributed by atoms with Gasteiger partial charge in [0.2, 0.25) is 0 Å². The average Bonchev–Trinajstić information content (AvgIpc) is 2.99. The minimum Gasteiger partial charge on any atom is -0.308 e. The van der Waals surface area contributed by atoms with Gasteiger partial charge in [-0.1, -0.05) is 26.0 Å². The number of aryl methyl sites for hydroxylation is 1. The Kier molecular flexibility index (Phi) is 4.13. The van der Waals surface area contributed by atoms with Crippen molar-refractivity contribution in [2.75, 3.05) is 6.54 Å². The molecule has 0 bridgehead atoms. The zero-order valence-electron chi connectivity index (χ0n) is 14.1. The Bertz CT molecular complexity index is 806. The second kappa shape index (κ2) is 6.08. The molecule has 1 N–H and O–H groups in total. The average molecular weight is 309 g/mol. The van der Waals surface area contributed by atoms with E-state index in [2.05, 4.69) is 42.2 Å². The molecule has 1 unspecified atom stereocenters. The van der Waals surface area contributed by atoms with Gasteiger partial charge >= 0.3 is 0 Å². The van der Waals surface area contributed by atoms with Crippen molar-refractivity contribution >= 4 is 11.0 Å². The van der Waals surface area contributed by atoms with Crippen LogP contribution in [0.3, 0.4) is 0 Å². The minimum absolute atomic E-state index is 0.0419. The quantitative estimate of drug-likeness (QED) is 0.787. The maximum absolute atomic E-state index is 4.71. The van der Waals surface area contributed by atoms with Gasteiger partial charge in [0, 0.05) is 31.2 Å². The zero-order chi connectivity index (χ0) is 16.4. The van der Waals surface area contributed by atoms with Gasteiger partial charge in [0.25, 0.3) is 0 Å². The van der Waals surface area contributed by atoms with E-state index < -0.39 is 0 Å². The van der Waals surface area contributed by atoms with Gasteiger partial charge < -0.3 is 5.32 Å². The molecule has 3 aromatic rings. The molecule has 2 aromatic heterocycles. The summed E-state index contributed by atoms with van der Waals surface area (Å²) >= 11 is 0. The van der Waals surface area contributed by atoms with E-state index in [9.17, 15) is 0 Å². The van der Waals surface area contributed by atoms with E-state index in [1.807, 2.05) is 48.4 Å². The number of fused-ring (bicyclic) bond motifs is 1. The van der Waals surface area contributed by atoms with Gasteiger partial charge in [-0.3, -0.25) is 9.67 Å². The highest BCUT2D eigenvalue weighted by molar-refractivity contribution is 5.73. The summed E-state index contributed by atoms with van der Waals surface area (Å²) in [5.41, 5.74) is 3.87. The molecule has 23 heavy (non-hydrogen) atoms. The van der Waals surface area contributed by atoms with Crippen molar-refractivity contribution in [2.45, 2.75) is 32.2 Å². The van der Waals surface area contributed by atoms with Crippen LogP contribution in [0.25, 0.3) is 11.0 Å². The lowest BCUT2D eigenvalue weighted by molar-refractivity contribution is 0.419. The fourth-order valence-corrected chi connectivity index (χ4v) is 2.56. The summed E-state index contributed by atoms with van der Waals surface area (Å²) in [6.07, 6.45) is 3.84. The van der Waals surface area contributed by atoms with Crippen LogP contribution in [0, 0.1) is 0 Å². The van der Waals surface area contributed by atoms with Crippen LogP contribution in [0.5, 0.6) is 0 Å². The van der Waals surface area contributed by atoms with Crippen molar-refractivity contribution in [2.24, 2.45) is 7.05 Å². The maximum Gasteiger partial charge on any atom is 0.0890 e. The Morgan fingerprint density at radius 2 is 1.91 bits per heavy atom. The van der Waals surface area contributed by atoms with Crippen molar-refractivity contribution in [3.63, 3.8) is 0 Å². The molecule has 5 nitrogen and oxygen atoms in total. The lowest BCUT2D eigenvalue weighted by Crippen LogP contribution is -2.35. The normalized spacial score (nSPS) is 13.4. The molecule has 0 aliphatic carbocycles. The first-order valence-corrected chi connectivity index (χ1v) is 7.91.